The van der Waals surface area contributed by atoms with Gasteiger partial charge in [-0.1, -0.05) is 12.1 Å². The average molecular weight is 427 g/mol. The number of carboxylic acid groups (broad SMARTS) is 1. The first-order valence-electron chi connectivity index (χ1n) is 7.12. The van der Waals surface area contributed by atoms with Gasteiger partial charge in [-0.25, -0.2) is 4.79 Å². The SMILES string of the molecule is CC(=O)Nc1ccc([As](=O)(O)O)c(O)c1.Cc1cccc(C(=O)O)c1O. The van der Waals surface area contributed by atoms with Crippen molar-refractivity contribution in [2.24, 2.45) is 0 Å². The molecule has 26 heavy (non-hydrogen) atoms. The second-order valence-electron chi connectivity index (χ2n) is 5.20. The molecule has 10 heteroatoms. The number of rotatable bonds is 3. The first-order valence-corrected chi connectivity index (χ1v) is 10.5. The molecule has 2 aromatic carbocycles. The first-order chi connectivity index (χ1) is 11.9. The summed E-state index contributed by atoms with van der Waals surface area (Å²) in [6, 6.07) is 8.12. The maximum Gasteiger partial charge on any atom is 0.339 e. The molecule has 0 heterocycles. The van der Waals surface area contributed by atoms with Crippen LogP contribution in [0.3, 0.4) is 0 Å². The van der Waals surface area contributed by atoms with Crippen molar-refractivity contribution < 1.29 is 36.8 Å². The minimum absolute atomic E-state index is 0.0509. The van der Waals surface area contributed by atoms with Crippen LogP contribution in [0, 0.1) is 6.92 Å². The number of phenols is 2. The standard InChI is InChI=1S/C8H10AsNO5.C8H8O3/c1-5(11)10-6-2-3-7(8(12)4-6)9(13,14)15;1-5-3-2-4-6(7(5)9)8(10)11/h2-4,12H,1H3,(H,10,11)(H2,13,14,15);2-4,9H,1H3,(H,10,11). The number of carbonyl (C=O) groups is 2. The van der Waals surface area contributed by atoms with Crippen molar-refractivity contribution in [3.63, 3.8) is 0 Å². The minimum atomic E-state index is -5.09. The molecule has 6 N–H and O–H groups in total. The first kappa shape index (κ1) is 21.3. The van der Waals surface area contributed by atoms with Crippen LogP contribution < -0.4 is 9.67 Å². The van der Waals surface area contributed by atoms with Gasteiger partial charge in [0.15, 0.2) is 0 Å². The molecule has 0 saturated heterocycles. The van der Waals surface area contributed by atoms with Gasteiger partial charge >= 0.3 is 94.1 Å². The number of amides is 1. The maximum atomic E-state index is 10.9. The van der Waals surface area contributed by atoms with Gasteiger partial charge in [0.1, 0.15) is 11.3 Å². The minimum Gasteiger partial charge on any atom is -0.507 e. The predicted molar refractivity (Wildman–Crippen MR) is 92.7 cm³/mol. The van der Waals surface area contributed by atoms with Crippen LogP contribution in [0.2, 0.25) is 0 Å². The molecule has 0 fully saturated rings. The third kappa shape index (κ3) is 5.96. The van der Waals surface area contributed by atoms with Crippen molar-refractivity contribution in [2.75, 3.05) is 5.32 Å². The Kier molecular flexibility index (Phi) is 7.02. The van der Waals surface area contributed by atoms with E-state index in [0.717, 1.165) is 12.1 Å². The van der Waals surface area contributed by atoms with E-state index in [0.29, 0.717) is 5.56 Å². The Labute approximate surface area is 151 Å². The van der Waals surface area contributed by atoms with Gasteiger partial charge in [0.05, 0.1) is 0 Å². The largest absolute Gasteiger partial charge is 0.507 e. The van der Waals surface area contributed by atoms with Gasteiger partial charge in [-0.15, -0.1) is 0 Å². The van der Waals surface area contributed by atoms with Crippen LogP contribution in [0.15, 0.2) is 36.4 Å². The summed E-state index contributed by atoms with van der Waals surface area (Å²) in [6.45, 7) is 2.94. The summed E-state index contributed by atoms with van der Waals surface area (Å²) in [5, 5.41) is 29.4. The van der Waals surface area contributed by atoms with Crippen molar-refractivity contribution in [3.05, 3.63) is 47.5 Å². The number of hydrogen-bond donors (Lipinski definition) is 6. The summed E-state index contributed by atoms with van der Waals surface area (Å²) in [6.07, 6.45) is 0. The Hall–Kier alpha value is -2.74. The Morgan fingerprint density at radius 3 is 2.12 bits per heavy atom. The van der Waals surface area contributed by atoms with E-state index in [1.807, 2.05) is 0 Å². The number of aromatic carboxylic acids is 1. The molecule has 0 aliphatic carbocycles. The molecule has 2 aromatic rings. The zero-order valence-corrected chi connectivity index (χ0v) is 15.7. The van der Waals surface area contributed by atoms with E-state index >= 15 is 0 Å². The number of benzene rings is 2. The normalized spacial score (nSPS) is 10.5. The Morgan fingerprint density at radius 2 is 1.69 bits per heavy atom. The Bertz CT molecular complexity index is 875. The summed E-state index contributed by atoms with van der Waals surface area (Å²) in [5.41, 5.74) is 0.808. The molecule has 0 saturated carbocycles. The number of hydrogen-bond acceptors (Lipinski definition) is 5. The number of carbonyl (C=O) groups excluding carboxylic acids is 1. The molecule has 0 atom stereocenters. The fraction of sp³-hybridized carbons (Fsp3) is 0.125. The molecule has 0 radical (unpaired) electrons. The van der Waals surface area contributed by atoms with Crippen molar-refractivity contribution >= 4 is 36.1 Å². The van der Waals surface area contributed by atoms with E-state index in [-0.39, 0.29) is 22.9 Å². The number of para-hydroxylation sites is 1. The van der Waals surface area contributed by atoms with E-state index < -0.39 is 30.2 Å². The monoisotopic (exact) mass is 427 g/mol. The van der Waals surface area contributed by atoms with E-state index in [9.17, 15) is 23.5 Å². The van der Waals surface area contributed by atoms with Gasteiger partial charge in [0.25, 0.3) is 0 Å². The molecule has 0 spiro atoms. The number of phenolic OH excluding ortho intramolecular Hbond substituents is 1. The average Bonchev–Trinajstić information content (AvgIpc) is 2.48. The summed E-state index contributed by atoms with van der Waals surface area (Å²) in [7, 11) is 0. The molecule has 9 nitrogen and oxygen atoms in total. The molecule has 140 valence electrons. The Balaban J connectivity index is 0.000000273. The second kappa shape index (κ2) is 8.57. The molecule has 0 bridgehead atoms. The smallest absolute Gasteiger partial charge is 0.339 e. The van der Waals surface area contributed by atoms with Gasteiger partial charge in [-0.3, -0.25) is 0 Å². The molecule has 1 amide bonds. The van der Waals surface area contributed by atoms with Gasteiger partial charge in [0.2, 0.25) is 0 Å². The van der Waals surface area contributed by atoms with Crippen LogP contribution in [-0.4, -0.2) is 49.6 Å². The van der Waals surface area contributed by atoms with Crippen molar-refractivity contribution in [1.82, 2.24) is 0 Å². The summed E-state index contributed by atoms with van der Waals surface area (Å²) in [4.78, 5) is 21.1. The fourth-order valence-electron chi connectivity index (χ4n) is 1.88. The summed E-state index contributed by atoms with van der Waals surface area (Å²) < 4.78 is 28.2. The van der Waals surface area contributed by atoms with Gasteiger partial charge in [-0.05, 0) is 18.6 Å². The number of nitrogens with one attached hydrogen (secondary N) is 1. The Morgan fingerprint density at radius 1 is 1.08 bits per heavy atom. The summed E-state index contributed by atoms with van der Waals surface area (Å²) >= 11 is -5.09. The van der Waals surface area contributed by atoms with Crippen LogP contribution in [0.4, 0.5) is 5.69 Å². The molecule has 0 aromatic heterocycles. The van der Waals surface area contributed by atoms with E-state index in [2.05, 4.69) is 5.32 Å². The molecule has 0 aliphatic heterocycles. The molecule has 2 rings (SSSR count). The number of aryl methyl sites for hydroxylation is 1. The van der Waals surface area contributed by atoms with E-state index in [4.69, 9.17) is 13.3 Å². The van der Waals surface area contributed by atoms with Crippen molar-refractivity contribution in [2.45, 2.75) is 13.8 Å². The van der Waals surface area contributed by atoms with Crippen LogP contribution in [-0.2, 0) is 8.53 Å². The molecular weight excluding hydrogens is 409 g/mol. The van der Waals surface area contributed by atoms with Gasteiger partial charge in [0, 0.05) is 0 Å². The number of carboxylic acids is 1. The van der Waals surface area contributed by atoms with Gasteiger partial charge in [-0.2, -0.15) is 0 Å². The third-order valence-corrected chi connectivity index (χ3v) is 5.19. The predicted octanol–water partition coefficient (Wildman–Crippen LogP) is 0.310. The third-order valence-electron chi connectivity index (χ3n) is 3.08. The molecule has 0 aliphatic rings. The van der Waals surface area contributed by atoms with Crippen LogP contribution >= 0.6 is 0 Å². The van der Waals surface area contributed by atoms with Crippen LogP contribution in [0.1, 0.15) is 22.8 Å². The van der Waals surface area contributed by atoms with Gasteiger partial charge < -0.3 is 10.2 Å². The maximum absolute atomic E-state index is 10.9. The summed E-state index contributed by atoms with van der Waals surface area (Å²) in [5.74, 6) is -2.11. The van der Waals surface area contributed by atoms with Crippen molar-refractivity contribution in [1.29, 1.82) is 0 Å². The molecule has 0 unspecified atom stereocenters. The van der Waals surface area contributed by atoms with Crippen LogP contribution in [0.5, 0.6) is 11.5 Å². The zero-order chi connectivity index (χ0) is 20.1. The van der Waals surface area contributed by atoms with E-state index in [1.54, 1.807) is 19.1 Å². The van der Waals surface area contributed by atoms with Crippen molar-refractivity contribution in [3.8, 4) is 11.5 Å². The number of anilines is 1. The quantitative estimate of drug-likeness (QED) is 0.381. The number of aromatic hydroxyl groups is 2. The van der Waals surface area contributed by atoms with E-state index in [1.165, 1.54) is 19.1 Å². The zero-order valence-electron chi connectivity index (χ0n) is 13.9. The van der Waals surface area contributed by atoms with Crippen LogP contribution in [0.25, 0.3) is 0 Å². The fourth-order valence-corrected chi connectivity index (χ4v) is 3.21. The molecular formula is C16H18AsNO8. The topological polar surface area (TPSA) is 164 Å². The second-order valence-corrected chi connectivity index (χ2v) is 8.50.